The van der Waals surface area contributed by atoms with Crippen molar-refractivity contribution in [2.75, 3.05) is 19.6 Å². The molecule has 1 atom stereocenters. The van der Waals surface area contributed by atoms with Crippen molar-refractivity contribution in [3.05, 3.63) is 47.2 Å². The van der Waals surface area contributed by atoms with Crippen molar-refractivity contribution in [3.8, 4) is 5.69 Å². The number of nitrogens with two attached hydrogens (primary N) is 1. The number of amides is 2. The highest BCUT2D eigenvalue weighted by molar-refractivity contribution is 6.30. The van der Waals surface area contributed by atoms with E-state index >= 15 is 0 Å². The number of hydrogen-bond donors (Lipinski definition) is 2. The van der Waals surface area contributed by atoms with Crippen LogP contribution in [-0.2, 0) is 4.79 Å². The molecule has 0 radical (unpaired) electrons. The smallest absolute Gasteiger partial charge is 0.257 e. The number of nitrogens with zero attached hydrogens (tertiary/aromatic N) is 3. The summed E-state index contributed by atoms with van der Waals surface area (Å²) in [7, 11) is 0. The summed E-state index contributed by atoms with van der Waals surface area (Å²) in [6.45, 7) is 1.46. The first-order valence-electron chi connectivity index (χ1n) is 9.17. The fourth-order valence-corrected chi connectivity index (χ4v) is 3.39. The Morgan fingerprint density at radius 1 is 1.26 bits per heavy atom. The lowest BCUT2D eigenvalue weighted by atomic mass is 10.0. The van der Waals surface area contributed by atoms with E-state index in [4.69, 9.17) is 17.3 Å². The van der Waals surface area contributed by atoms with E-state index in [0.29, 0.717) is 36.6 Å². The zero-order chi connectivity index (χ0) is 19.2. The molecule has 3 N–H and O–H groups in total. The average molecular weight is 390 g/mol. The summed E-state index contributed by atoms with van der Waals surface area (Å²) < 4.78 is 1.66. The lowest BCUT2D eigenvalue weighted by molar-refractivity contribution is -0.121. The molecule has 7 nitrogen and oxygen atoms in total. The van der Waals surface area contributed by atoms with E-state index in [0.717, 1.165) is 24.9 Å². The molecule has 0 saturated carbocycles. The van der Waals surface area contributed by atoms with Crippen LogP contribution in [0.3, 0.4) is 0 Å². The van der Waals surface area contributed by atoms with Crippen LogP contribution in [0.15, 0.2) is 36.7 Å². The molecule has 3 rings (SSSR count). The zero-order valence-corrected chi connectivity index (χ0v) is 15.9. The Balaban J connectivity index is 1.69. The molecule has 1 fully saturated rings. The number of benzene rings is 1. The van der Waals surface area contributed by atoms with E-state index in [1.807, 2.05) is 17.0 Å². The third-order valence-corrected chi connectivity index (χ3v) is 4.97. The number of rotatable bonds is 6. The van der Waals surface area contributed by atoms with Crippen LogP contribution in [-0.4, -0.2) is 52.2 Å². The number of halogens is 1. The monoisotopic (exact) mass is 389 g/mol. The van der Waals surface area contributed by atoms with Gasteiger partial charge in [-0.2, -0.15) is 5.10 Å². The minimum absolute atomic E-state index is 0.00754. The van der Waals surface area contributed by atoms with Gasteiger partial charge in [-0.15, -0.1) is 0 Å². The second kappa shape index (κ2) is 9.01. The van der Waals surface area contributed by atoms with E-state index in [-0.39, 0.29) is 17.9 Å². The van der Waals surface area contributed by atoms with Gasteiger partial charge >= 0.3 is 0 Å². The molecule has 2 aromatic rings. The van der Waals surface area contributed by atoms with Crippen molar-refractivity contribution in [3.63, 3.8) is 0 Å². The molecule has 2 amide bonds. The van der Waals surface area contributed by atoms with Crippen LogP contribution in [0.2, 0.25) is 5.02 Å². The van der Waals surface area contributed by atoms with Gasteiger partial charge in [0.25, 0.3) is 5.91 Å². The molecule has 0 aliphatic carbocycles. The van der Waals surface area contributed by atoms with Gasteiger partial charge in [-0.3, -0.25) is 9.59 Å². The molecular weight excluding hydrogens is 366 g/mol. The van der Waals surface area contributed by atoms with Gasteiger partial charge in [0, 0.05) is 43.3 Å². The Labute approximate surface area is 163 Å². The third-order valence-electron chi connectivity index (χ3n) is 4.71. The SMILES string of the molecule is NCCC(=O)NCC1CCCCN1C(=O)c1cnn(-c2ccc(Cl)cc2)c1. The van der Waals surface area contributed by atoms with E-state index in [2.05, 4.69) is 10.4 Å². The van der Waals surface area contributed by atoms with Gasteiger partial charge in [-0.25, -0.2) is 4.68 Å². The summed E-state index contributed by atoms with van der Waals surface area (Å²) in [4.78, 5) is 26.5. The van der Waals surface area contributed by atoms with E-state index in [9.17, 15) is 9.59 Å². The normalized spacial score (nSPS) is 17.0. The number of hydrogen-bond acceptors (Lipinski definition) is 4. The summed E-state index contributed by atoms with van der Waals surface area (Å²) in [5.41, 5.74) is 6.77. The summed E-state index contributed by atoms with van der Waals surface area (Å²) >= 11 is 5.92. The molecule has 2 heterocycles. The molecule has 27 heavy (non-hydrogen) atoms. The maximum atomic E-state index is 13.0. The highest BCUT2D eigenvalue weighted by Crippen LogP contribution is 2.20. The number of piperidine rings is 1. The van der Waals surface area contributed by atoms with Gasteiger partial charge in [-0.05, 0) is 43.5 Å². The fraction of sp³-hybridized carbons (Fsp3) is 0.421. The minimum atomic E-state index is -0.0777. The zero-order valence-electron chi connectivity index (χ0n) is 15.1. The summed E-state index contributed by atoms with van der Waals surface area (Å²) in [6, 6.07) is 7.25. The summed E-state index contributed by atoms with van der Waals surface area (Å²) in [6.07, 6.45) is 6.49. The van der Waals surface area contributed by atoms with Gasteiger partial charge in [0.05, 0.1) is 17.4 Å². The van der Waals surface area contributed by atoms with Crippen LogP contribution >= 0.6 is 11.6 Å². The predicted molar refractivity (Wildman–Crippen MR) is 104 cm³/mol. The lowest BCUT2D eigenvalue weighted by Gasteiger charge is -2.35. The second-order valence-corrected chi connectivity index (χ2v) is 7.08. The maximum Gasteiger partial charge on any atom is 0.257 e. The molecule has 1 aliphatic rings. The molecule has 1 aliphatic heterocycles. The van der Waals surface area contributed by atoms with Crippen molar-refractivity contribution in [1.82, 2.24) is 20.0 Å². The number of carbonyl (C=O) groups excluding carboxylic acids is 2. The minimum Gasteiger partial charge on any atom is -0.354 e. The molecule has 1 unspecified atom stereocenters. The lowest BCUT2D eigenvalue weighted by Crippen LogP contribution is -2.49. The van der Waals surface area contributed by atoms with Crippen molar-refractivity contribution in [1.29, 1.82) is 0 Å². The number of carbonyl (C=O) groups is 2. The number of likely N-dealkylation sites (tertiary alicyclic amines) is 1. The molecule has 1 aromatic heterocycles. The van der Waals surface area contributed by atoms with Crippen molar-refractivity contribution in [2.45, 2.75) is 31.7 Å². The van der Waals surface area contributed by atoms with Crippen molar-refractivity contribution in [2.24, 2.45) is 5.73 Å². The van der Waals surface area contributed by atoms with Gasteiger partial charge in [0.15, 0.2) is 0 Å². The Hall–Kier alpha value is -2.38. The Morgan fingerprint density at radius 3 is 2.78 bits per heavy atom. The second-order valence-electron chi connectivity index (χ2n) is 6.64. The average Bonchev–Trinajstić information content (AvgIpc) is 3.17. The van der Waals surface area contributed by atoms with Crippen LogP contribution < -0.4 is 11.1 Å². The number of aromatic nitrogens is 2. The molecule has 8 heteroatoms. The predicted octanol–water partition coefficient (Wildman–Crippen LogP) is 1.99. The molecule has 0 bridgehead atoms. The van der Waals surface area contributed by atoms with Crippen LogP contribution in [0.4, 0.5) is 0 Å². The molecule has 0 spiro atoms. The third kappa shape index (κ3) is 4.87. The topological polar surface area (TPSA) is 93.2 Å². The Kier molecular flexibility index (Phi) is 6.47. The summed E-state index contributed by atoms with van der Waals surface area (Å²) in [5.74, 6) is -0.140. The summed E-state index contributed by atoms with van der Waals surface area (Å²) in [5, 5.41) is 7.83. The highest BCUT2D eigenvalue weighted by atomic mass is 35.5. The van der Waals surface area contributed by atoms with Gasteiger partial charge in [0.2, 0.25) is 5.91 Å². The largest absolute Gasteiger partial charge is 0.354 e. The molecular formula is C19H24ClN5O2. The van der Waals surface area contributed by atoms with E-state index < -0.39 is 0 Å². The van der Waals surface area contributed by atoms with E-state index in [1.165, 1.54) is 0 Å². The quantitative estimate of drug-likeness (QED) is 0.790. The Morgan fingerprint density at radius 2 is 2.04 bits per heavy atom. The van der Waals surface area contributed by atoms with Gasteiger partial charge in [0.1, 0.15) is 0 Å². The first kappa shape index (κ1) is 19.4. The van der Waals surface area contributed by atoms with Crippen LogP contribution in [0.25, 0.3) is 5.69 Å². The van der Waals surface area contributed by atoms with Gasteiger partial charge in [-0.1, -0.05) is 11.6 Å². The van der Waals surface area contributed by atoms with Crippen LogP contribution in [0, 0.1) is 0 Å². The molecule has 144 valence electrons. The number of nitrogens with one attached hydrogen (secondary N) is 1. The van der Waals surface area contributed by atoms with Gasteiger partial charge < -0.3 is 16.0 Å². The molecule has 1 saturated heterocycles. The first-order chi connectivity index (χ1) is 13.1. The Bertz CT molecular complexity index is 790. The van der Waals surface area contributed by atoms with Crippen molar-refractivity contribution < 1.29 is 9.59 Å². The van der Waals surface area contributed by atoms with Crippen molar-refractivity contribution >= 4 is 23.4 Å². The van der Waals surface area contributed by atoms with Crippen LogP contribution in [0.1, 0.15) is 36.0 Å². The first-order valence-corrected chi connectivity index (χ1v) is 9.54. The highest BCUT2D eigenvalue weighted by Gasteiger charge is 2.28. The standard InChI is InChI=1S/C19H24ClN5O2/c20-15-4-6-16(7-5-15)25-13-14(11-23-25)19(27)24-10-2-1-3-17(24)12-22-18(26)8-9-21/h4-7,11,13,17H,1-3,8-10,12,21H2,(H,22,26). The fourth-order valence-electron chi connectivity index (χ4n) is 3.27. The maximum absolute atomic E-state index is 13.0. The van der Waals surface area contributed by atoms with Crippen LogP contribution in [0.5, 0.6) is 0 Å². The van der Waals surface area contributed by atoms with E-state index in [1.54, 1.807) is 29.2 Å². The molecule has 1 aromatic carbocycles.